The predicted molar refractivity (Wildman–Crippen MR) is 120 cm³/mol. The molecular weight excluding hydrogens is 407 g/mol. The second kappa shape index (κ2) is 7.75. The highest BCUT2D eigenvalue weighted by Crippen LogP contribution is 2.29. The van der Waals surface area contributed by atoms with Crippen LogP contribution in [-0.4, -0.2) is 31.7 Å². The van der Waals surface area contributed by atoms with Gasteiger partial charge in [-0.05, 0) is 42.7 Å². The van der Waals surface area contributed by atoms with E-state index in [1.165, 1.54) is 16.8 Å². The van der Waals surface area contributed by atoms with Crippen LogP contribution in [-0.2, 0) is 19.6 Å². The van der Waals surface area contributed by atoms with Crippen molar-refractivity contribution in [3.63, 3.8) is 0 Å². The van der Waals surface area contributed by atoms with Gasteiger partial charge in [0.05, 0.1) is 23.1 Å². The molecule has 0 spiro atoms. The number of fused-ring (bicyclic) bond motifs is 3. The molecule has 6 nitrogen and oxygen atoms in total. The molecule has 1 aliphatic heterocycles. The molecule has 0 saturated carbocycles. The molecule has 0 N–H and O–H groups in total. The molecule has 0 radical (unpaired) electrons. The lowest BCUT2D eigenvalue weighted by molar-refractivity contribution is 0.0692. The zero-order chi connectivity index (χ0) is 22.4. The summed E-state index contributed by atoms with van der Waals surface area (Å²) in [7, 11) is 0. The largest absolute Gasteiger partial charge is 0.333 e. The van der Waals surface area contributed by atoms with Gasteiger partial charge < -0.3 is 9.47 Å². The van der Waals surface area contributed by atoms with Gasteiger partial charge in [-0.25, -0.2) is 9.07 Å². The summed E-state index contributed by atoms with van der Waals surface area (Å²) in [4.78, 5) is 28.5. The lowest BCUT2D eigenvalue weighted by Gasteiger charge is -2.29. The number of amides is 1. The van der Waals surface area contributed by atoms with Crippen LogP contribution in [0.5, 0.6) is 0 Å². The van der Waals surface area contributed by atoms with Crippen LogP contribution in [0.15, 0.2) is 59.4 Å². The predicted octanol–water partition coefficient (Wildman–Crippen LogP) is 3.66. The first-order valence-electron chi connectivity index (χ1n) is 10.6. The first kappa shape index (κ1) is 20.2. The summed E-state index contributed by atoms with van der Waals surface area (Å²) in [6, 6.07) is 15.9. The van der Waals surface area contributed by atoms with Crippen molar-refractivity contribution in [1.82, 2.24) is 19.2 Å². The van der Waals surface area contributed by atoms with Gasteiger partial charge in [0, 0.05) is 19.6 Å². The number of halogens is 1. The molecule has 5 rings (SSSR count). The van der Waals surface area contributed by atoms with Gasteiger partial charge in [0.15, 0.2) is 0 Å². The molecule has 0 unspecified atom stereocenters. The highest BCUT2D eigenvalue weighted by molar-refractivity contribution is 6.02. The Morgan fingerprint density at radius 3 is 2.31 bits per heavy atom. The van der Waals surface area contributed by atoms with Gasteiger partial charge >= 0.3 is 0 Å². The molecule has 3 heterocycles. The number of carbonyl (C=O) groups excluding carboxylic acids is 1. The van der Waals surface area contributed by atoms with Crippen LogP contribution in [0.1, 0.15) is 32.9 Å². The molecule has 1 aliphatic rings. The first-order valence-corrected chi connectivity index (χ1v) is 10.6. The molecule has 0 aliphatic carbocycles. The fourth-order valence-electron chi connectivity index (χ4n) is 4.58. The van der Waals surface area contributed by atoms with Gasteiger partial charge in [-0.15, -0.1) is 0 Å². The Morgan fingerprint density at radius 1 is 0.906 bits per heavy atom. The van der Waals surface area contributed by atoms with Crippen molar-refractivity contribution >= 4 is 16.8 Å². The summed E-state index contributed by atoms with van der Waals surface area (Å²) < 4.78 is 16.6. The Kier molecular flexibility index (Phi) is 4.89. The highest BCUT2D eigenvalue weighted by atomic mass is 19.1. The molecule has 1 amide bonds. The Bertz CT molecular complexity index is 1390. The molecule has 0 bridgehead atoms. The Hall–Kier alpha value is -3.74. The van der Waals surface area contributed by atoms with E-state index in [1.807, 2.05) is 48.7 Å². The van der Waals surface area contributed by atoms with Gasteiger partial charge in [0.25, 0.3) is 11.5 Å². The van der Waals surface area contributed by atoms with E-state index in [0.29, 0.717) is 42.8 Å². The summed E-state index contributed by atoms with van der Waals surface area (Å²) >= 11 is 0. The average Bonchev–Trinajstić information content (AvgIpc) is 3.10. The van der Waals surface area contributed by atoms with Gasteiger partial charge in [-0.3, -0.25) is 9.59 Å². The van der Waals surface area contributed by atoms with E-state index >= 15 is 0 Å². The first-order chi connectivity index (χ1) is 15.4. The number of aryl methyl sites for hydroxylation is 2. The number of rotatable bonds is 4. The van der Waals surface area contributed by atoms with Crippen LogP contribution in [0.2, 0.25) is 0 Å². The fraction of sp³-hybridized carbons (Fsp3) is 0.240. The molecule has 2 aromatic heterocycles. The van der Waals surface area contributed by atoms with E-state index in [0.717, 1.165) is 22.3 Å². The van der Waals surface area contributed by atoms with Crippen molar-refractivity contribution in [2.24, 2.45) is 0 Å². The number of carbonyl (C=O) groups is 1. The van der Waals surface area contributed by atoms with E-state index < -0.39 is 0 Å². The Morgan fingerprint density at radius 2 is 1.59 bits per heavy atom. The Balaban J connectivity index is 1.56. The SMILES string of the molecule is Cc1c2n(c3c(C)nn(Cc4ccccc4)c(=O)c13)CCN(Cc1ccc(F)cc1)C2=O. The Labute approximate surface area is 184 Å². The zero-order valence-electron chi connectivity index (χ0n) is 18.0. The fourth-order valence-corrected chi connectivity index (χ4v) is 4.58. The standard InChI is InChI=1S/C25H23FN4O2/c1-16-21-23(17(2)27-30(24(21)31)15-18-6-4-3-5-7-18)29-13-12-28(25(32)22(16)29)14-19-8-10-20(26)11-9-19/h3-11H,12-15H2,1-2H3. The van der Waals surface area contributed by atoms with Gasteiger partial charge in [-0.2, -0.15) is 5.10 Å². The van der Waals surface area contributed by atoms with E-state index in [1.54, 1.807) is 17.0 Å². The molecular formula is C25H23FN4O2. The van der Waals surface area contributed by atoms with Gasteiger partial charge in [0.1, 0.15) is 11.5 Å². The maximum Gasteiger partial charge on any atom is 0.276 e. The quantitative estimate of drug-likeness (QED) is 0.497. The summed E-state index contributed by atoms with van der Waals surface area (Å²) in [6.07, 6.45) is 0. The molecule has 7 heteroatoms. The zero-order valence-corrected chi connectivity index (χ0v) is 18.0. The van der Waals surface area contributed by atoms with Crippen molar-refractivity contribution < 1.29 is 9.18 Å². The van der Waals surface area contributed by atoms with Crippen molar-refractivity contribution in [1.29, 1.82) is 0 Å². The normalized spacial score (nSPS) is 13.6. The number of nitrogens with zero attached hydrogens (tertiary/aromatic N) is 4. The number of hydrogen-bond acceptors (Lipinski definition) is 3. The third-order valence-corrected chi connectivity index (χ3v) is 6.11. The van der Waals surface area contributed by atoms with E-state index in [2.05, 4.69) is 5.10 Å². The van der Waals surface area contributed by atoms with Crippen molar-refractivity contribution in [2.45, 2.75) is 33.5 Å². The van der Waals surface area contributed by atoms with Crippen LogP contribution in [0.3, 0.4) is 0 Å². The lowest BCUT2D eigenvalue weighted by Crippen LogP contribution is -2.39. The van der Waals surface area contributed by atoms with Crippen molar-refractivity contribution in [3.05, 3.63) is 98.8 Å². The van der Waals surface area contributed by atoms with Crippen LogP contribution in [0.4, 0.5) is 4.39 Å². The molecule has 4 aromatic rings. The van der Waals surface area contributed by atoms with Crippen molar-refractivity contribution in [2.75, 3.05) is 6.54 Å². The minimum absolute atomic E-state index is 0.123. The summed E-state index contributed by atoms with van der Waals surface area (Å²) in [5.41, 5.74) is 4.35. The second-order valence-corrected chi connectivity index (χ2v) is 8.24. The van der Waals surface area contributed by atoms with Crippen LogP contribution in [0, 0.1) is 19.7 Å². The maximum absolute atomic E-state index is 13.4. The summed E-state index contributed by atoms with van der Waals surface area (Å²) in [5.74, 6) is -0.424. The monoisotopic (exact) mass is 430 g/mol. The van der Waals surface area contributed by atoms with Crippen molar-refractivity contribution in [3.8, 4) is 0 Å². The van der Waals surface area contributed by atoms with Gasteiger partial charge in [-0.1, -0.05) is 42.5 Å². The van der Waals surface area contributed by atoms with Gasteiger partial charge in [0.2, 0.25) is 0 Å². The molecule has 32 heavy (non-hydrogen) atoms. The molecule has 0 fully saturated rings. The summed E-state index contributed by atoms with van der Waals surface area (Å²) in [6.45, 7) is 5.58. The smallest absolute Gasteiger partial charge is 0.276 e. The van der Waals surface area contributed by atoms with Crippen LogP contribution in [0.25, 0.3) is 10.9 Å². The molecule has 0 saturated heterocycles. The topological polar surface area (TPSA) is 60.1 Å². The number of hydrogen-bond donors (Lipinski definition) is 0. The molecule has 0 atom stereocenters. The molecule has 162 valence electrons. The highest BCUT2D eigenvalue weighted by Gasteiger charge is 2.31. The number of benzene rings is 2. The lowest BCUT2D eigenvalue weighted by atomic mass is 10.1. The van der Waals surface area contributed by atoms with E-state index in [-0.39, 0.29) is 17.3 Å². The second-order valence-electron chi connectivity index (χ2n) is 8.24. The minimum atomic E-state index is -0.301. The van der Waals surface area contributed by atoms with E-state index in [4.69, 9.17) is 0 Å². The minimum Gasteiger partial charge on any atom is -0.333 e. The number of aromatic nitrogens is 3. The average molecular weight is 430 g/mol. The summed E-state index contributed by atoms with van der Waals surface area (Å²) in [5, 5.41) is 5.12. The van der Waals surface area contributed by atoms with Crippen LogP contribution >= 0.6 is 0 Å². The third kappa shape index (κ3) is 3.30. The van der Waals surface area contributed by atoms with Crippen LogP contribution < -0.4 is 5.56 Å². The third-order valence-electron chi connectivity index (χ3n) is 6.11. The molecule has 2 aromatic carbocycles. The van der Waals surface area contributed by atoms with E-state index in [9.17, 15) is 14.0 Å². The maximum atomic E-state index is 13.4.